The number of aromatic nitrogens is 1. The minimum absolute atomic E-state index is 0.00362. The predicted octanol–water partition coefficient (Wildman–Crippen LogP) is 5.36. The van der Waals surface area contributed by atoms with Crippen molar-refractivity contribution < 1.29 is 14.3 Å². The van der Waals surface area contributed by atoms with Gasteiger partial charge in [-0.15, -0.1) is 23.1 Å². The SMILES string of the molecule is Cc1ccc(SCCCC(=O)Nc2nc(-c3ccc4c(c3)OCO4)cs2)cc1. The van der Waals surface area contributed by atoms with Crippen LogP contribution in [0.25, 0.3) is 11.3 Å². The molecule has 3 aromatic rings. The summed E-state index contributed by atoms with van der Waals surface area (Å²) >= 11 is 3.20. The molecule has 1 aromatic heterocycles. The summed E-state index contributed by atoms with van der Waals surface area (Å²) in [4.78, 5) is 17.9. The van der Waals surface area contributed by atoms with Crippen LogP contribution in [0.3, 0.4) is 0 Å². The maximum Gasteiger partial charge on any atom is 0.231 e. The third kappa shape index (κ3) is 4.66. The summed E-state index contributed by atoms with van der Waals surface area (Å²) in [6, 6.07) is 14.2. The topological polar surface area (TPSA) is 60.5 Å². The van der Waals surface area contributed by atoms with Crippen LogP contribution in [0.5, 0.6) is 11.5 Å². The molecule has 0 radical (unpaired) electrons. The highest BCUT2D eigenvalue weighted by Crippen LogP contribution is 2.36. The Labute approximate surface area is 172 Å². The molecule has 28 heavy (non-hydrogen) atoms. The van der Waals surface area contributed by atoms with Gasteiger partial charge in [-0.1, -0.05) is 17.7 Å². The standard InChI is InChI=1S/C21H20N2O3S2/c1-14-4-7-16(8-5-14)27-10-2-3-20(24)23-21-22-17(12-28-21)15-6-9-18-19(11-15)26-13-25-18/h4-9,11-12H,2-3,10,13H2,1H3,(H,22,23,24). The van der Waals surface area contributed by atoms with E-state index in [1.165, 1.54) is 21.8 Å². The Morgan fingerprint density at radius 3 is 2.86 bits per heavy atom. The normalized spacial score (nSPS) is 12.2. The summed E-state index contributed by atoms with van der Waals surface area (Å²) in [5.74, 6) is 2.38. The number of thioether (sulfide) groups is 1. The number of anilines is 1. The van der Waals surface area contributed by atoms with Crippen molar-refractivity contribution in [2.24, 2.45) is 0 Å². The second kappa shape index (κ2) is 8.67. The van der Waals surface area contributed by atoms with Crippen LogP contribution in [-0.2, 0) is 4.79 Å². The van der Waals surface area contributed by atoms with Crippen LogP contribution in [0, 0.1) is 6.92 Å². The fourth-order valence-corrected chi connectivity index (χ4v) is 4.35. The van der Waals surface area contributed by atoms with Crippen molar-refractivity contribution in [2.45, 2.75) is 24.7 Å². The minimum atomic E-state index is -0.00362. The highest BCUT2D eigenvalue weighted by Gasteiger charge is 2.15. The van der Waals surface area contributed by atoms with Crippen LogP contribution in [0.2, 0.25) is 0 Å². The lowest BCUT2D eigenvalue weighted by Gasteiger charge is -2.03. The summed E-state index contributed by atoms with van der Waals surface area (Å²) < 4.78 is 10.7. The summed E-state index contributed by atoms with van der Waals surface area (Å²) in [6.45, 7) is 2.33. The van der Waals surface area contributed by atoms with Crippen LogP contribution in [0.4, 0.5) is 5.13 Å². The molecule has 1 N–H and O–H groups in total. The molecule has 0 saturated heterocycles. The van der Waals surface area contributed by atoms with E-state index in [2.05, 4.69) is 41.5 Å². The fourth-order valence-electron chi connectivity index (χ4n) is 2.76. The summed E-state index contributed by atoms with van der Waals surface area (Å²) in [7, 11) is 0. The van der Waals surface area contributed by atoms with Gasteiger partial charge in [0.1, 0.15) is 0 Å². The number of benzene rings is 2. The molecule has 144 valence electrons. The zero-order valence-corrected chi connectivity index (χ0v) is 17.1. The molecule has 7 heteroatoms. The molecule has 1 amide bonds. The molecule has 0 atom stereocenters. The van der Waals surface area contributed by atoms with E-state index >= 15 is 0 Å². The first kappa shape index (κ1) is 18.8. The average Bonchev–Trinajstić information content (AvgIpc) is 3.35. The van der Waals surface area contributed by atoms with Gasteiger partial charge in [0, 0.05) is 22.3 Å². The number of amides is 1. The lowest BCUT2D eigenvalue weighted by Crippen LogP contribution is -2.11. The Bertz CT molecular complexity index is 970. The monoisotopic (exact) mass is 412 g/mol. The first-order valence-electron chi connectivity index (χ1n) is 9.02. The van der Waals surface area contributed by atoms with Crippen molar-refractivity contribution >= 4 is 34.1 Å². The van der Waals surface area contributed by atoms with Crippen LogP contribution >= 0.6 is 23.1 Å². The third-order valence-electron chi connectivity index (χ3n) is 4.26. The number of hydrogen-bond donors (Lipinski definition) is 1. The van der Waals surface area contributed by atoms with E-state index in [0.29, 0.717) is 11.6 Å². The molecular formula is C21H20N2O3S2. The first-order valence-corrected chi connectivity index (χ1v) is 10.9. The van der Waals surface area contributed by atoms with E-state index in [9.17, 15) is 4.79 Å². The van der Waals surface area contributed by atoms with Crippen LogP contribution in [0.1, 0.15) is 18.4 Å². The number of nitrogens with zero attached hydrogens (tertiary/aromatic N) is 1. The quantitative estimate of drug-likeness (QED) is 0.418. The zero-order valence-electron chi connectivity index (χ0n) is 15.4. The molecule has 1 aliphatic heterocycles. The molecule has 0 saturated carbocycles. The van der Waals surface area contributed by atoms with Crippen LogP contribution in [-0.4, -0.2) is 23.4 Å². The number of rotatable bonds is 7. The molecule has 2 aromatic carbocycles. The van der Waals surface area contributed by atoms with Gasteiger partial charge in [-0.2, -0.15) is 0 Å². The number of ether oxygens (including phenoxy) is 2. The maximum absolute atomic E-state index is 12.2. The molecule has 4 rings (SSSR count). The molecule has 0 bridgehead atoms. The number of carbonyl (C=O) groups is 1. The van der Waals surface area contributed by atoms with Gasteiger partial charge >= 0.3 is 0 Å². The van der Waals surface area contributed by atoms with E-state index in [1.54, 1.807) is 11.8 Å². The maximum atomic E-state index is 12.2. The van der Waals surface area contributed by atoms with E-state index in [4.69, 9.17) is 9.47 Å². The Morgan fingerprint density at radius 2 is 2.00 bits per heavy atom. The smallest absolute Gasteiger partial charge is 0.231 e. The zero-order chi connectivity index (χ0) is 19.3. The largest absolute Gasteiger partial charge is 0.454 e. The number of aryl methyl sites for hydroxylation is 1. The molecule has 0 spiro atoms. The molecule has 2 heterocycles. The number of nitrogens with one attached hydrogen (secondary N) is 1. The van der Waals surface area contributed by atoms with Gasteiger partial charge < -0.3 is 14.8 Å². The Kier molecular flexibility index (Phi) is 5.83. The summed E-state index contributed by atoms with van der Waals surface area (Å²) in [6.07, 6.45) is 1.31. The van der Waals surface area contributed by atoms with Gasteiger partial charge in [-0.05, 0) is 49.4 Å². The summed E-state index contributed by atoms with van der Waals surface area (Å²) in [5, 5.41) is 5.44. The van der Waals surface area contributed by atoms with Crippen molar-refractivity contribution in [2.75, 3.05) is 17.9 Å². The highest BCUT2D eigenvalue weighted by atomic mass is 32.2. The molecule has 0 fully saturated rings. The second-order valence-electron chi connectivity index (χ2n) is 6.42. The predicted molar refractivity (Wildman–Crippen MR) is 113 cm³/mol. The summed E-state index contributed by atoms with van der Waals surface area (Å²) in [5.41, 5.74) is 3.01. The lowest BCUT2D eigenvalue weighted by atomic mass is 10.1. The third-order valence-corrected chi connectivity index (χ3v) is 6.11. The Morgan fingerprint density at radius 1 is 1.18 bits per heavy atom. The van der Waals surface area contributed by atoms with Gasteiger partial charge in [0.15, 0.2) is 16.6 Å². The Hall–Kier alpha value is -2.51. The number of hydrogen-bond acceptors (Lipinski definition) is 6. The van der Waals surface area contributed by atoms with Gasteiger partial charge in [0.2, 0.25) is 12.7 Å². The fraction of sp³-hybridized carbons (Fsp3) is 0.238. The number of fused-ring (bicyclic) bond motifs is 1. The van der Waals surface area contributed by atoms with Crippen LogP contribution in [0.15, 0.2) is 52.7 Å². The average molecular weight is 413 g/mol. The second-order valence-corrected chi connectivity index (χ2v) is 8.45. The molecule has 0 aliphatic carbocycles. The van der Waals surface area contributed by atoms with Crippen LogP contribution < -0.4 is 14.8 Å². The van der Waals surface area contributed by atoms with Gasteiger partial charge in [-0.3, -0.25) is 4.79 Å². The van der Waals surface area contributed by atoms with Gasteiger partial charge in [0.25, 0.3) is 0 Å². The van der Waals surface area contributed by atoms with E-state index in [1.807, 2.05) is 23.6 Å². The lowest BCUT2D eigenvalue weighted by molar-refractivity contribution is -0.116. The minimum Gasteiger partial charge on any atom is -0.454 e. The van der Waals surface area contributed by atoms with Crippen molar-refractivity contribution in [3.8, 4) is 22.8 Å². The van der Waals surface area contributed by atoms with Crippen molar-refractivity contribution in [1.29, 1.82) is 0 Å². The first-order chi connectivity index (χ1) is 13.7. The molecule has 5 nitrogen and oxygen atoms in total. The van der Waals surface area contributed by atoms with E-state index in [-0.39, 0.29) is 12.7 Å². The number of carbonyl (C=O) groups excluding carboxylic acids is 1. The molecule has 0 unspecified atom stereocenters. The van der Waals surface area contributed by atoms with Gasteiger partial charge in [-0.25, -0.2) is 4.98 Å². The van der Waals surface area contributed by atoms with Crippen molar-refractivity contribution in [3.05, 3.63) is 53.4 Å². The van der Waals surface area contributed by atoms with E-state index < -0.39 is 0 Å². The van der Waals surface area contributed by atoms with E-state index in [0.717, 1.165) is 34.9 Å². The highest BCUT2D eigenvalue weighted by molar-refractivity contribution is 7.99. The van der Waals surface area contributed by atoms with Gasteiger partial charge in [0.05, 0.1) is 5.69 Å². The Balaban J connectivity index is 1.25. The van der Waals surface area contributed by atoms with Crippen molar-refractivity contribution in [3.63, 3.8) is 0 Å². The van der Waals surface area contributed by atoms with Crippen molar-refractivity contribution in [1.82, 2.24) is 4.98 Å². The molecular weight excluding hydrogens is 392 g/mol. The molecule has 1 aliphatic rings. The number of thiazole rings is 1.